The van der Waals surface area contributed by atoms with Crippen molar-refractivity contribution in [3.05, 3.63) is 59.2 Å². The van der Waals surface area contributed by atoms with Crippen molar-refractivity contribution < 1.29 is 37.3 Å². The highest BCUT2D eigenvalue weighted by atomic mass is 19.4. The molecule has 42 heavy (non-hydrogen) atoms. The standard InChI is InChI=1S/C32H35F3N2O5/c1-36(26(38)11-8-19-4-3-5-22(16-19)42-32(33,34)35)23-12-13-31(39)25-17-21-9-10-24(40-2)28-27(21)30(31,29(23)41-28)14-15-37(25)18-20-6-7-20/h3-5,8-11,16,20,23,25,29,39H,6-7,12-15,17-18H2,1-2H3/t23-,25+,29-,30-,31+/m0/s1. The van der Waals surface area contributed by atoms with Crippen LogP contribution in [0, 0.1) is 5.92 Å². The number of amides is 1. The number of methoxy groups -OCH3 is 1. The molecule has 2 heterocycles. The van der Waals surface area contributed by atoms with E-state index >= 15 is 0 Å². The zero-order valence-electron chi connectivity index (χ0n) is 23.7. The number of carbonyl (C=O) groups excluding carboxylic acids is 1. The molecule has 7 nitrogen and oxygen atoms in total. The Morgan fingerprint density at radius 1 is 1.21 bits per heavy atom. The van der Waals surface area contributed by atoms with Crippen molar-refractivity contribution in [1.82, 2.24) is 9.80 Å². The molecule has 224 valence electrons. The first-order valence-corrected chi connectivity index (χ1v) is 14.7. The highest BCUT2D eigenvalue weighted by Gasteiger charge is 2.73. The summed E-state index contributed by atoms with van der Waals surface area (Å²) in [5.74, 6) is 1.37. The van der Waals surface area contributed by atoms with Gasteiger partial charge in [-0.2, -0.15) is 0 Å². The Balaban J connectivity index is 1.19. The number of nitrogens with zero attached hydrogens (tertiary/aromatic N) is 2. The van der Waals surface area contributed by atoms with Crippen LogP contribution in [0.25, 0.3) is 6.08 Å². The molecule has 0 aromatic heterocycles. The summed E-state index contributed by atoms with van der Waals surface area (Å²) in [7, 11) is 3.35. The van der Waals surface area contributed by atoms with Gasteiger partial charge in [0.15, 0.2) is 11.5 Å². The van der Waals surface area contributed by atoms with Gasteiger partial charge in [-0.1, -0.05) is 18.2 Å². The number of halogens is 3. The summed E-state index contributed by atoms with van der Waals surface area (Å²) >= 11 is 0. The Morgan fingerprint density at radius 2 is 2.02 bits per heavy atom. The first-order chi connectivity index (χ1) is 20.0. The van der Waals surface area contributed by atoms with Gasteiger partial charge in [-0.15, -0.1) is 13.2 Å². The third-order valence-corrected chi connectivity index (χ3v) is 10.3. The number of rotatable bonds is 7. The van der Waals surface area contributed by atoms with Gasteiger partial charge in [0.05, 0.1) is 24.2 Å². The summed E-state index contributed by atoms with van der Waals surface area (Å²) in [5.41, 5.74) is 0.967. The number of aliphatic hydroxyl groups is 1. The Kier molecular flexibility index (Phi) is 6.33. The molecular weight excluding hydrogens is 549 g/mol. The van der Waals surface area contributed by atoms with E-state index in [0.717, 1.165) is 31.5 Å². The van der Waals surface area contributed by atoms with Gasteiger partial charge in [0.1, 0.15) is 11.9 Å². The van der Waals surface area contributed by atoms with Crippen LogP contribution in [0.3, 0.4) is 0 Å². The van der Waals surface area contributed by atoms with E-state index < -0.39 is 23.5 Å². The van der Waals surface area contributed by atoms with E-state index in [1.54, 1.807) is 25.1 Å². The fraction of sp³-hybridized carbons (Fsp3) is 0.531. The average molecular weight is 585 g/mol. The zero-order valence-corrected chi connectivity index (χ0v) is 23.7. The molecule has 1 saturated heterocycles. The fourth-order valence-corrected chi connectivity index (χ4v) is 8.27. The molecule has 1 spiro atoms. The molecule has 5 aliphatic rings. The number of ether oxygens (including phenoxy) is 3. The third-order valence-electron chi connectivity index (χ3n) is 10.3. The van der Waals surface area contributed by atoms with Gasteiger partial charge in [-0.05, 0) is 86.4 Å². The largest absolute Gasteiger partial charge is 0.573 e. The van der Waals surface area contributed by atoms with E-state index in [0.29, 0.717) is 35.8 Å². The SMILES string of the molecule is COc1ccc2c3c1O[C@H]1[C@@H](N(C)C(=O)C=Cc4cccc(OC(F)(F)F)c4)CC[C@@]4(O)[C@@H](C2)N(CC2CC2)CC[C@]314. The van der Waals surface area contributed by atoms with Crippen LogP contribution in [0.4, 0.5) is 13.2 Å². The molecule has 3 fully saturated rings. The Hall–Kier alpha value is -3.24. The Bertz CT molecular complexity index is 1440. The number of benzene rings is 2. The summed E-state index contributed by atoms with van der Waals surface area (Å²) in [4.78, 5) is 17.6. The number of carbonyl (C=O) groups is 1. The maximum atomic E-state index is 13.5. The molecule has 1 amide bonds. The van der Waals surface area contributed by atoms with Gasteiger partial charge in [-0.3, -0.25) is 9.69 Å². The van der Waals surface area contributed by atoms with E-state index in [4.69, 9.17) is 9.47 Å². The second kappa shape index (κ2) is 9.64. The summed E-state index contributed by atoms with van der Waals surface area (Å²) in [6.45, 7) is 1.87. The van der Waals surface area contributed by atoms with Gasteiger partial charge in [-0.25, -0.2) is 0 Å². The molecule has 0 radical (unpaired) electrons. The molecule has 2 bridgehead atoms. The van der Waals surface area contributed by atoms with Crippen molar-refractivity contribution in [1.29, 1.82) is 0 Å². The van der Waals surface area contributed by atoms with Gasteiger partial charge in [0, 0.05) is 31.3 Å². The molecule has 1 N–H and O–H groups in total. The van der Waals surface area contributed by atoms with Crippen LogP contribution in [0.5, 0.6) is 17.2 Å². The number of piperidine rings is 1. The second-order valence-corrected chi connectivity index (χ2v) is 12.5. The fourth-order valence-electron chi connectivity index (χ4n) is 8.27. The topological polar surface area (TPSA) is 71.5 Å². The lowest BCUT2D eigenvalue weighted by molar-refractivity contribution is -0.274. The van der Waals surface area contributed by atoms with Crippen LogP contribution in [0.1, 0.15) is 48.8 Å². The smallest absolute Gasteiger partial charge is 0.493 e. The molecule has 10 heteroatoms. The Labute approximate surface area is 242 Å². The van der Waals surface area contributed by atoms with E-state index in [-0.39, 0.29) is 23.7 Å². The maximum Gasteiger partial charge on any atom is 0.573 e. The van der Waals surface area contributed by atoms with E-state index in [9.17, 15) is 23.1 Å². The van der Waals surface area contributed by atoms with Crippen molar-refractivity contribution in [3.8, 4) is 17.2 Å². The van der Waals surface area contributed by atoms with E-state index in [1.165, 1.54) is 48.8 Å². The first kappa shape index (κ1) is 27.6. The summed E-state index contributed by atoms with van der Waals surface area (Å²) in [6.07, 6.45) is 2.67. The maximum absolute atomic E-state index is 13.5. The van der Waals surface area contributed by atoms with Crippen molar-refractivity contribution >= 4 is 12.0 Å². The summed E-state index contributed by atoms with van der Waals surface area (Å²) in [5, 5.41) is 12.7. The van der Waals surface area contributed by atoms with Crippen molar-refractivity contribution in [2.45, 2.75) is 74.1 Å². The highest BCUT2D eigenvalue weighted by Crippen LogP contribution is 2.66. The lowest BCUT2D eigenvalue weighted by Crippen LogP contribution is -2.78. The number of hydrogen-bond donors (Lipinski definition) is 1. The second-order valence-electron chi connectivity index (χ2n) is 12.5. The predicted molar refractivity (Wildman–Crippen MR) is 148 cm³/mol. The molecule has 2 aromatic rings. The molecule has 2 saturated carbocycles. The van der Waals surface area contributed by atoms with Gasteiger partial charge in [0.2, 0.25) is 5.91 Å². The molecule has 7 rings (SSSR count). The minimum Gasteiger partial charge on any atom is -0.493 e. The monoisotopic (exact) mass is 584 g/mol. The van der Waals surface area contributed by atoms with Crippen molar-refractivity contribution in [2.75, 3.05) is 27.2 Å². The molecule has 0 unspecified atom stereocenters. The third kappa shape index (κ3) is 4.20. The Morgan fingerprint density at radius 3 is 2.76 bits per heavy atom. The van der Waals surface area contributed by atoms with Crippen LogP contribution in [0.2, 0.25) is 0 Å². The van der Waals surface area contributed by atoms with Crippen LogP contribution in [0.15, 0.2) is 42.5 Å². The summed E-state index contributed by atoms with van der Waals surface area (Å²) in [6, 6.07) is 9.21. The number of likely N-dealkylation sites (N-methyl/N-ethyl adjacent to an activating group) is 1. The van der Waals surface area contributed by atoms with Crippen LogP contribution >= 0.6 is 0 Å². The molecule has 2 aromatic carbocycles. The number of likely N-dealkylation sites (tertiary alicyclic amines) is 1. The molecule has 5 atom stereocenters. The van der Waals surface area contributed by atoms with Crippen molar-refractivity contribution in [3.63, 3.8) is 0 Å². The van der Waals surface area contributed by atoms with Gasteiger partial charge < -0.3 is 24.2 Å². The van der Waals surface area contributed by atoms with Gasteiger partial charge >= 0.3 is 6.36 Å². The molecule has 2 aliphatic heterocycles. The summed E-state index contributed by atoms with van der Waals surface area (Å²) < 4.78 is 54.5. The van der Waals surface area contributed by atoms with Crippen molar-refractivity contribution in [2.24, 2.45) is 5.92 Å². The molecular formula is C32H35F3N2O5. The van der Waals surface area contributed by atoms with Crippen LogP contribution in [-0.2, 0) is 16.6 Å². The first-order valence-electron chi connectivity index (χ1n) is 14.7. The number of alkyl halides is 3. The molecule has 3 aliphatic carbocycles. The normalized spacial score (nSPS) is 31.4. The lowest BCUT2D eigenvalue weighted by Gasteiger charge is -2.64. The minimum absolute atomic E-state index is 0.0159. The quantitative estimate of drug-likeness (QED) is 0.476. The van der Waals surface area contributed by atoms with Crippen LogP contribution < -0.4 is 14.2 Å². The minimum atomic E-state index is -4.80. The number of hydrogen-bond acceptors (Lipinski definition) is 6. The van der Waals surface area contributed by atoms with Gasteiger partial charge in [0.25, 0.3) is 0 Å². The zero-order chi connectivity index (χ0) is 29.4. The lowest BCUT2D eigenvalue weighted by atomic mass is 9.48. The predicted octanol–water partition coefficient (Wildman–Crippen LogP) is 4.70. The van der Waals surface area contributed by atoms with E-state index in [1.807, 2.05) is 6.07 Å². The van der Waals surface area contributed by atoms with E-state index in [2.05, 4.69) is 15.7 Å². The average Bonchev–Trinajstić information content (AvgIpc) is 3.69. The highest BCUT2D eigenvalue weighted by molar-refractivity contribution is 5.92. The van der Waals surface area contributed by atoms with Crippen LogP contribution in [-0.4, -0.2) is 78.2 Å².